The number of nitrogens with one attached hydrogen (secondary N) is 2. The van der Waals surface area contributed by atoms with E-state index in [4.69, 9.17) is 26.4 Å². The van der Waals surface area contributed by atoms with Crippen LogP contribution in [0.4, 0.5) is 0 Å². The summed E-state index contributed by atoms with van der Waals surface area (Å²) in [6.07, 6.45) is 2.10. The summed E-state index contributed by atoms with van der Waals surface area (Å²) in [6.45, 7) is 7.09. The molecular weight excluding hydrogens is 400 g/mol. The molecule has 0 atom stereocenters. The average Bonchev–Trinajstić information content (AvgIpc) is 2.72. The van der Waals surface area contributed by atoms with E-state index < -0.39 is 0 Å². The fourth-order valence-electron chi connectivity index (χ4n) is 2.65. The molecule has 30 heavy (non-hydrogen) atoms. The van der Waals surface area contributed by atoms with Gasteiger partial charge in [0.15, 0.2) is 16.6 Å². The smallest absolute Gasteiger partial charge is 0.257 e. The molecule has 162 valence electrons. The highest BCUT2D eigenvalue weighted by atomic mass is 32.1. The predicted octanol–water partition coefficient (Wildman–Crippen LogP) is 4.47. The fourth-order valence-corrected chi connectivity index (χ4v) is 2.82. The minimum Gasteiger partial charge on any atom is -0.493 e. The van der Waals surface area contributed by atoms with Crippen LogP contribution in [0.5, 0.6) is 17.2 Å². The van der Waals surface area contributed by atoms with E-state index in [1.54, 1.807) is 25.3 Å². The van der Waals surface area contributed by atoms with Crippen molar-refractivity contribution in [2.45, 2.75) is 46.3 Å². The largest absolute Gasteiger partial charge is 0.493 e. The molecule has 2 N–H and O–H groups in total. The third-order valence-corrected chi connectivity index (χ3v) is 4.38. The molecule has 0 aromatic heterocycles. The summed E-state index contributed by atoms with van der Waals surface area (Å²) >= 11 is 5.26. The molecule has 0 radical (unpaired) electrons. The average molecular weight is 431 g/mol. The van der Waals surface area contributed by atoms with Gasteiger partial charge < -0.3 is 19.5 Å². The van der Waals surface area contributed by atoms with E-state index in [2.05, 4.69) is 17.6 Å². The highest BCUT2D eigenvalue weighted by Gasteiger charge is 2.10. The van der Waals surface area contributed by atoms with Crippen LogP contribution in [0.15, 0.2) is 42.5 Å². The summed E-state index contributed by atoms with van der Waals surface area (Å²) in [5.41, 5.74) is 1.44. The van der Waals surface area contributed by atoms with Gasteiger partial charge in [0.2, 0.25) is 0 Å². The van der Waals surface area contributed by atoms with Crippen LogP contribution in [-0.2, 0) is 6.54 Å². The topological polar surface area (TPSA) is 68.8 Å². The van der Waals surface area contributed by atoms with Crippen LogP contribution in [0.1, 0.15) is 49.5 Å². The van der Waals surface area contributed by atoms with Gasteiger partial charge in [0.05, 0.1) is 19.8 Å². The Labute approximate surface area is 183 Å². The molecule has 0 spiro atoms. The zero-order valence-corrected chi connectivity index (χ0v) is 18.8. The van der Waals surface area contributed by atoms with Crippen LogP contribution in [0, 0.1) is 0 Å². The Balaban J connectivity index is 1.90. The summed E-state index contributed by atoms with van der Waals surface area (Å²) in [7, 11) is 1.61. The van der Waals surface area contributed by atoms with Crippen LogP contribution >= 0.6 is 12.2 Å². The van der Waals surface area contributed by atoms with Gasteiger partial charge in [-0.15, -0.1) is 0 Å². The first-order valence-corrected chi connectivity index (χ1v) is 10.5. The Bertz CT molecular complexity index is 855. The second-order valence-corrected chi connectivity index (χ2v) is 7.43. The van der Waals surface area contributed by atoms with Gasteiger partial charge in [0.25, 0.3) is 5.91 Å². The van der Waals surface area contributed by atoms with Gasteiger partial charge >= 0.3 is 0 Å². The lowest BCUT2D eigenvalue weighted by Crippen LogP contribution is -2.38. The van der Waals surface area contributed by atoms with E-state index in [0.717, 1.165) is 18.4 Å². The fraction of sp³-hybridized carbons (Fsp3) is 0.391. The molecule has 0 aliphatic carbocycles. The van der Waals surface area contributed by atoms with Crippen molar-refractivity contribution in [1.82, 2.24) is 10.6 Å². The van der Waals surface area contributed by atoms with Crippen LogP contribution in [0.3, 0.4) is 0 Å². The van der Waals surface area contributed by atoms with Crippen molar-refractivity contribution in [3.05, 3.63) is 53.6 Å². The first kappa shape index (κ1) is 23.5. The zero-order valence-electron chi connectivity index (χ0n) is 18.0. The molecule has 0 aliphatic heterocycles. The van der Waals surface area contributed by atoms with Crippen molar-refractivity contribution in [2.75, 3.05) is 13.7 Å². The summed E-state index contributed by atoms with van der Waals surface area (Å²) in [6, 6.07) is 12.7. The third kappa shape index (κ3) is 7.55. The van der Waals surface area contributed by atoms with Gasteiger partial charge in [-0.3, -0.25) is 10.1 Å². The van der Waals surface area contributed by atoms with E-state index in [1.807, 2.05) is 38.1 Å². The van der Waals surface area contributed by atoms with Crippen molar-refractivity contribution >= 4 is 23.2 Å². The standard InChI is InChI=1S/C23H30N2O4S/c1-5-6-12-28-20-11-10-17(13-21(20)27-4)15-24-23(30)25-22(26)18-8-7-9-19(14-18)29-16(2)3/h7-11,13-14,16H,5-6,12,15H2,1-4H3,(H2,24,25,26,30). The summed E-state index contributed by atoms with van der Waals surface area (Å²) in [5.74, 6) is 1.74. The summed E-state index contributed by atoms with van der Waals surface area (Å²) in [4.78, 5) is 12.4. The Kier molecular flexibility index (Phi) is 9.41. The maximum absolute atomic E-state index is 12.4. The Morgan fingerprint density at radius 2 is 1.93 bits per heavy atom. The lowest BCUT2D eigenvalue weighted by Gasteiger charge is -2.14. The molecule has 6 nitrogen and oxygen atoms in total. The number of hydrogen-bond donors (Lipinski definition) is 2. The maximum Gasteiger partial charge on any atom is 0.257 e. The van der Waals surface area contributed by atoms with Gasteiger partial charge in [0, 0.05) is 12.1 Å². The molecule has 2 aromatic carbocycles. The van der Waals surface area contributed by atoms with Gasteiger partial charge in [-0.25, -0.2) is 0 Å². The van der Waals surface area contributed by atoms with E-state index >= 15 is 0 Å². The molecule has 0 unspecified atom stereocenters. The molecule has 0 aliphatic rings. The number of thiocarbonyl (C=S) groups is 1. The molecule has 7 heteroatoms. The van der Waals surface area contributed by atoms with Gasteiger partial charge in [-0.1, -0.05) is 25.5 Å². The van der Waals surface area contributed by atoms with E-state index in [0.29, 0.717) is 36.0 Å². The Hall–Kier alpha value is -2.80. The minimum absolute atomic E-state index is 0.0338. The Morgan fingerprint density at radius 3 is 2.63 bits per heavy atom. The van der Waals surface area contributed by atoms with Crippen LogP contribution in [0.25, 0.3) is 0 Å². The number of amides is 1. The number of hydrogen-bond acceptors (Lipinski definition) is 5. The first-order valence-electron chi connectivity index (χ1n) is 10.1. The predicted molar refractivity (Wildman–Crippen MR) is 123 cm³/mol. The molecule has 0 bridgehead atoms. The van der Waals surface area contributed by atoms with E-state index in [9.17, 15) is 4.79 Å². The molecule has 1 amide bonds. The summed E-state index contributed by atoms with van der Waals surface area (Å²) in [5, 5.41) is 5.98. The normalized spacial score (nSPS) is 10.4. The molecule has 2 aromatic rings. The van der Waals surface area contributed by atoms with Crippen molar-refractivity contribution in [1.29, 1.82) is 0 Å². The quantitative estimate of drug-likeness (QED) is 0.428. The molecular formula is C23H30N2O4S. The summed E-state index contributed by atoms with van der Waals surface area (Å²) < 4.78 is 16.8. The Morgan fingerprint density at radius 1 is 1.13 bits per heavy atom. The molecule has 0 saturated carbocycles. The molecule has 0 fully saturated rings. The monoisotopic (exact) mass is 430 g/mol. The van der Waals surface area contributed by atoms with Crippen molar-refractivity contribution in [3.63, 3.8) is 0 Å². The molecule has 0 saturated heterocycles. The van der Waals surface area contributed by atoms with Gasteiger partial charge in [-0.2, -0.15) is 0 Å². The second-order valence-electron chi connectivity index (χ2n) is 7.02. The van der Waals surface area contributed by atoms with Gasteiger partial charge in [-0.05, 0) is 68.4 Å². The highest BCUT2D eigenvalue weighted by Crippen LogP contribution is 2.28. The van der Waals surface area contributed by atoms with Crippen molar-refractivity contribution in [2.24, 2.45) is 0 Å². The number of carbonyl (C=O) groups excluding carboxylic acids is 1. The highest BCUT2D eigenvalue weighted by molar-refractivity contribution is 7.80. The number of methoxy groups -OCH3 is 1. The van der Waals surface area contributed by atoms with Gasteiger partial charge in [0.1, 0.15) is 5.75 Å². The lowest BCUT2D eigenvalue weighted by atomic mass is 10.2. The van der Waals surface area contributed by atoms with Crippen LogP contribution < -0.4 is 24.8 Å². The van der Waals surface area contributed by atoms with Crippen molar-refractivity contribution < 1.29 is 19.0 Å². The van der Waals surface area contributed by atoms with E-state index in [-0.39, 0.29) is 17.1 Å². The van der Waals surface area contributed by atoms with Crippen LogP contribution in [0.2, 0.25) is 0 Å². The van der Waals surface area contributed by atoms with E-state index in [1.165, 1.54) is 0 Å². The number of rotatable bonds is 10. The molecule has 2 rings (SSSR count). The molecule has 0 heterocycles. The number of unbranched alkanes of at least 4 members (excludes halogenated alkanes) is 1. The first-order chi connectivity index (χ1) is 14.4. The van der Waals surface area contributed by atoms with Crippen LogP contribution in [-0.4, -0.2) is 30.8 Å². The number of carbonyl (C=O) groups is 1. The number of benzene rings is 2. The maximum atomic E-state index is 12.4. The zero-order chi connectivity index (χ0) is 21.9. The minimum atomic E-state index is -0.293. The SMILES string of the molecule is CCCCOc1ccc(CNC(=S)NC(=O)c2cccc(OC(C)C)c2)cc1OC. The number of ether oxygens (including phenoxy) is 3. The lowest BCUT2D eigenvalue weighted by molar-refractivity contribution is 0.0976. The second kappa shape index (κ2) is 12.0. The third-order valence-electron chi connectivity index (χ3n) is 4.13. The van der Waals surface area contributed by atoms with Crippen molar-refractivity contribution in [3.8, 4) is 17.2 Å².